The zero-order valence-corrected chi connectivity index (χ0v) is 9.16. The predicted octanol–water partition coefficient (Wildman–Crippen LogP) is 1.67. The molecule has 0 radical (unpaired) electrons. The van der Waals surface area contributed by atoms with Gasteiger partial charge in [-0.1, -0.05) is 12.1 Å². The summed E-state index contributed by atoms with van der Waals surface area (Å²) in [6.07, 6.45) is 0. The van der Waals surface area contributed by atoms with Crippen molar-refractivity contribution in [2.24, 2.45) is 0 Å². The van der Waals surface area contributed by atoms with Gasteiger partial charge < -0.3 is 15.7 Å². The summed E-state index contributed by atoms with van der Waals surface area (Å²) in [6.45, 7) is 3.43. The Balaban J connectivity index is 2.77. The average Bonchev–Trinajstić information content (AvgIpc) is 2.17. The van der Waals surface area contributed by atoms with Gasteiger partial charge in [0.2, 0.25) is 0 Å². The van der Waals surface area contributed by atoms with E-state index in [-0.39, 0.29) is 6.03 Å². The fourth-order valence-electron chi connectivity index (χ4n) is 1.16. The number of rotatable bonds is 2. The Bertz CT molecular complexity index is 339. The number of aliphatic hydroxyl groups is 1. The predicted molar refractivity (Wildman–Crippen MR) is 59.8 cm³/mol. The molecule has 4 nitrogen and oxygen atoms in total. The summed E-state index contributed by atoms with van der Waals surface area (Å²) < 4.78 is 0. The first-order chi connectivity index (χ1) is 6.93. The minimum atomic E-state index is -0.856. The van der Waals surface area contributed by atoms with Gasteiger partial charge in [0.25, 0.3) is 0 Å². The van der Waals surface area contributed by atoms with Gasteiger partial charge in [-0.2, -0.15) is 0 Å². The van der Waals surface area contributed by atoms with E-state index in [4.69, 9.17) is 0 Å². The number of benzene rings is 1. The number of hydrogen-bond acceptors (Lipinski definition) is 2. The Morgan fingerprint density at radius 2 is 1.80 bits per heavy atom. The molecule has 0 aliphatic heterocycles. The molecule has 0 heterocycles. The SMILES string of the molecule is CNC(=O)Nc1ccc(C(C)(C)O)cc1. The molecule has 0 saturated heterocycles. The van der Waals surface area contributed by atoms with Crippen LogP contribution in [0.2, 0.25) is 0 Å². The Morgan fingerprint density at radius 1 is 1.27 bits per heavy atom. The van der Waals surface area contributed by atoms with Crippen molar-refractivity contribution in [3.05, 3.63) is 29.8 Å². The zero-order chi connectivity index (χ0) is 11.5. The van der Waals surface area contributed by atoms with E-state index >= 15 is 0 Å². The number of anilines is 1. The molecule has 0 fully saturated rings. The van der Waals surface area contributed by atoms with Crippen molar-refractivity contribution in [1.82, 2.24) is 5.32 Å². The Morgan fingerprint density at radius 3 is 2.20 bits per heavy atom. The number of nitrogens with one attached hydrogen (secondary N) is 2. The number of hydrogen-bond donors (Lipinski definition) is 3. The van der Waals surface area contributed by atoms with Gasteiger partial charge in [0.05, 0.1) is 5.60 Å². The molecule has 0 bridgehead atoms. The Hall–Kier alpha value is -1.55. The van der Waals surface area contributed by atoms with E-state index in [0.717, 1.165) is 5.56 Å². The highest BCUT2D eigenvalue weighted by Gasteiger charge is 2.15. The molecule has 0 aliphatic rings. The maximum absolute atomic E-state index is 11.0. The van der Waals surface area contributed by atoms with E-state index in [9.17, 15) is 9.90 Å². The summed E-state index contributed by atoms with van der Waals surface area (Å²) in [5.41, 5.74) is 0.651. The minimum absolute atomic E-state index is 0.258. The molecule has 0 aliphatic carbocycles. The van der Waals surface area contributed by atoms with E-state index in [1.54, 1.807) is 45.2 Å². The molecule has 1 aromatic carbocycles. The normalized spacial score (nSPS) is 10.9. The van der Waals surface area contributed by atoms with Gasteiger partial charge in [0, 0.05) is 12.7 Å². The van der Waals surface area contributed by atoms with Crippen LogP contribution in [0, 0.1) is 0 Å². The molecule has 0 aromatic heterocycles. The fourth-order valence-corrected chi connectivity index (χ4v) is 1.16. The van der Waals surface area contributed by atoms with E-state index < -0.39 is 5.60 Å². The van der Waals surface area contributed by atoms with Gasteiger partial charge in [-0.05, 0) is 31.5 Å². The van der Waals surface area contributed by atoms with Crippen LogP contribution in [0.5, 0.6) is 0 Å². The number of carbonyl (C=O) groups excluding carboxylic acids is 1. The lowest BCUT2D eigenvalue weighted by molar-refractivity contribution is 0.0786. The standard InChI is InChI=1S/C11H16N2O2/c1-11(2,15)8-4-6-9(7-5-8)13-10(14)12-3/h4-7,15H,1-3H3,(H2,12,13,14). The van der Waals surface area contributed by atoms with E-state index in [0.29, 0.717) is 5.69 Å². The van der Waals surface area contributed by atoms with Gasteiger partial charge in [-0.25, -0.2) is 4.79 Å². The van der Waals surface area contributed by atoms with E-state index in [1.807, 2.05) is 0 Å². The van der Waals surface area contributed by atoms with Crippen LogP contribution in [-0.2, 0) is 5.60 Å². The molecule has 2 amide bonds. The molecule has 0 atom stereocenters. The Kier molecular flexibility index (Phi) is 3.31. The number of amides is 2. The monoisotopic (exact) mass is 208 g/mol. The molecule has 0 unspecified atom stereocenters. The lowest BCUT2D eigenvalue weighted by Gasteiger charge is -2.17. The van der Waals surface area contributed by atoms with Crippen molar-refractivity contribution in [2.45, 2.75) is 19.4 Å². The first kappa shape index (κ1) is 11.5. The highest BCUT2D eigenvalue weighted by atomic mass is 16.3. The van der Waals surface area contributed by atoms with E-state index in [2.05, 4.69) is 10.6 Å². The molecule has 3 N–H and O–H groups in total. The van der Waals surface area contributed by atoms with Gasteiger partial charge in [-0.15, -0.1) is 0 Å². The number of urea groups is 1. The third kappa shape index (κ3) is 3.25. The van der Waals surface area contributed by atoms with Crippen LogP contribution in [0.1, 0.15) is 19.4 Å². The summed E-state index contributed by atoms with van der Waals surface area (Å²) in [5.74, 6) is 0. The van der Waals surface area contributed by atoms with Gasteiger partial charge in [-0.3, -0.25) is 0 Å². The second kappa shape index (κ2) is 4.31. The summed E-state index contributed by atoms with van der Waals surface area (Å²) in [5, 5.41) is 14.8. The molecule has 1 aromatic rings. The van der Waals surface area contributed by atoms with Crippen LogP contribution in [0.15, 0.2) is 24.3 Å². The molecule has 4 heteroatoms. The van der Waals surface area contributed by atoms with Gasteiger partial charge in [0.1, 0.15) is 0 Å². The van der Waals surface area contributed by atoms with Crippen molar-refractivity contribution < 1.29 is 9.90 Å². The fraction of sp³-hybridized carbons (Fsp3) is 0.364. The zero-order valence-electron chi connectivity index (χ0n) is 9.16. The average molecular weight is 208 g/mol. The topological polar surface area (TPSA) is 61.4 Å². The summed E-state index contributed by atoms with van der Waals surface area (Å²) in [4.78, 5) is 11.0. The highest BCUT2D eigenvalue weighted by molar-refractivity contribution is 5.88. The maximum atomic E-state index is 11.0. The molecular formula is C11H16N2O2. The smallest absolute Gasteiger partial charge is 0.318 e. The summed E-state index contributed by atoms with van der Waals surface area (Å²) in [6, 6.07) is 6.81. The minimum Gasteiger partial charge on any atom is -0.386 e. The van der Waals surface area contributed by atoms with Gasteiger partial charge >= 0.3 is 6.03 Å². The molecular weight excluding hydrogens is 192 g/mol. The van der Waals surface area contributed by atoms with Crippen LogP contribution in [0.3, 0.4) is 0 Å². The molecule has 0 saturated carbocycles. The largest absolute Gasteiger partial charge is 0.386 e. The lowest BCUT2D eigenvalue weighted by atomic mass is 9.98. The van der Waals surface area contributed by atoms with Crippen molar-refractivity contribution in [3.8, 4) is 0 Å². The second-order valence-electron chi connectivity index (χ2n) is 3.84. The summed E-state index contributed by atoms with van der Waals surface area (Å²) >= 11 is 0. The van der Waals surface area contributed by atoms with E-state index in [1.165, 1.54) is 0 Å². The van der Waals surface area contributed by atoms with Crippen LogP contribution in [0.25, 0.3) is 0 Å². The van der Waals surface area contributed by atoms with Crippen molar-refractivity contribution in [3.63, 3.8) is 0 Å². The van der Waals surface area contributed by atoms with Crippen LogP contribution in [0.4, 0.5) is 10.5 Å². The third-order valence-corrected chi connectivity index (χ3v) is 2.08. The Labute approximate surface area is 89.3 Å². The first-order valence-corrected chi connectivity index (χ1v) is 4.75. The molecule has 15 heavy (non-hydrogen) atoms. The van der Waals surface area contributed by atoms with Crippen molar-refractivity contribution >= 4 is 11.7 Å². The van der Waals surface area contributed by atoms with Crippen molar-refractivity contribution in [1.29, 1.82) is 0 Å². The van der Waals surface area contributed by atoms with Crippen LogP contribution in [-0.4, -0.2) is 18.2 Å². The molecule has 82 valence electrons. The molecule has 1 rings (SSSR count). The highest BCUT2D eigenvalue weighted by Crippen LogP contribution is 2.21. The van der Waals surface area contributed by atoms with Gasteiger partial charge in [0.15, 0.2) is 0 Å². The van der Waals surface area contributed by atoms with Crippen molar-refractivity contribution in [2.75, 3.05) is 12.4 Å². The quantitative estimate of drug-likeness (QED) is 0.692. The first-order valence-electron chi connectivity index (χ1n) is 4.75. The van der Waals surface area contributed by atoms with Crippen LogP contribution >= 0.6 is 0 Å². The summed E-state index contributed by atoms with van der Waals surface area (Å²) in [7, 11) is 1.56. The number of carbonyl (C=O) groups is 1. The second-order valence-corrected chi connectivity index (χ2v) is 3.84. The maximum Gasteiger partial charge on any atom is 0.318 e. The van der Waals surface area contributed by atoms with Crippen LogP contribution < -0.4 is 10.6 Å². The lowest BCUT2D eigenvalue weighted by Crippen LogP contribution is -2.24. The third-order valence-electron chi connectivity index (χ3n) is 2.08. The molecule has 0 spiro atoms.